The molecule has 2 aromatic carbocycles. The van der Waals surface area contributed by atoms with Crippen molar-refractivity contribution >= 4 is 30.1 Å². The van der Waals surface area contributed by atoms with Gasteiger partial charge in [0.05, 0.1) is 17.7 Å². The minimum Gasteiger partial charge on any atom is -0.351 e. The molecule has 0 unspecified atom stereocenters. The molecule has 0 radical (unpaired) electrons. The first kappa shape index (κ1) is 22.0. The number of nitrogens with zero attached hydrogens (tertiary/aromatic N) is 2. The molecule has 0 bridgehead atoms. The minimum atomic E-state index is -0.350. The molecule has 0 saturated carbocycles. The number of carbonyl (C=O) groups is 3. The van der Waals surface area contributed by atoms with Gasteiger partial charge in [0, 0.05) is 18.7 Å². The number of benzene rings is 2. The maximum atomic E-state index is 12.8. The first-order chi connectivity index (χ1) is 14.1. The number of piperidine rings is 1. The van der Waals surface area contributed by atoms with E-state index in [0.29, 0.717) is 23.2 Å². The largest absolute Gasteiger partial charge is 0.351 e. The summed E-state index contributed by atoms with van der Waals surface area (Å²) in [5.41, 5.74) is 1.95. The Morgan fingerprint density at radius 1 is 0.900 bits per heavy atom. The SMILES string of the molecule is Cl.O=C(NCCN1CCCCC1)c1ccc2c(c1)C(=O)N(Cc1ccccc1)C2=O. The molecule has 0 aliphatic carbocycles. The van der Waals surface area contributed by atoms with Gasteiger partial charge in [0.25, 0.3) is 17.7 Å². The fourth-order valence-electron chi connectivity index (χ4n) is 3.95. The van der Waals surface area contributed by atoms with Crippen LogP contribution in [0.15, 0.2) is 48.5 Å². The van der Waals surface area contributed by atoms with Gasteiger partial charge >= 0.3 is 0 Å². The van der Waals surface area contributed by atoms with E-state index in [9.17, 15) is 14.4 Å². The fraction of sp³-hybridized carbons (Fsp3) is 0.348. The van der Waals surface area contributed by atoms with E-state index in [1.807, 2.05) is 30.3 Å². The van der Waals surface area contributed by atoms with E-state index in [0.717, 1.165) is 25.2 Å². The molecule has 1 N–H and O–H groups in total. The second kappa shape index (κ2) is 9.87. The molecule has 2 aromatic rings. The summed E-state index contributed by atoms with van der Waals surface area (Å²) in [6.45, 7) is 3.80. The van der Waals surface area contributed by atoms with Gasteiger partial charge in [0.15, 0.2) is 0 Å². The van der Waals surface area contributed by atoms with Crippen LogP contribution in [-0.4, -0.2) is 53.7 Å². The van der Waals surface area contributed by atoms with Crippen molar-refractivity contribution in [2.45, 2.75) is 25.8 Å². The van der Waals surface area contributed by atoms with E-state index >= 15 is 0 Å². The standard InChI is InChI=1S/C23H25N3O3.ClH/c27-21(24-11-14-25-12-5-2-6-13-25)18-9-10-19-20(15-18)23(29)26(22(19)28)16-17-7-3-1-4-8-17;/h1,3-4,7-10,15H,2,5-6,11-14,16H2,(H,24,27);1H. The Labute approximate surface area is 182 Å². The lowest BCUT2D eigenvalue weighted by Gasteiger charge is -2.26. The predicted octanol–water partition coefficient (Wildman–Crippen LogP) is 3.12. The smallest absolute Gasteiger partial charge is 0.261 e. The lowest BCUT2D eigenvalue weighted by Crippen LogP contribution is -2.37. The first-order valence-electron chi connectivity index (χ1n) is 10.2. The Bertz CT molecular complexity index is 927. The number of halogens is 1. The summed E-state index contributed by atoms with van der Waals surface area (Å²) in [7, 11) is 0. The highest BCUT2D eigenvalue weighted by Gasteiger charge is 2.35. The molecular weight excluding hydrogens is 402 g/mol. The van der Waals surface area contributed by atoms with Crippen molar-refractivity contribution in [1.82, 2.24) is 15.1 Å². The third-order valence-corrected chi connectivity index (χ3v) is 5.58. The van der Waals surface area contributed by atoms with Crippen LogP contribution in [0.5, 0.6) is 0 Å². The van der Waals surface area contributed by atoms with E-state index in [1.165, 1.54) is 30.2 Å². The molecule has 6 nitrogen and oxygen atoms in total. The Morgan fingerprint density at radius 3 is 2.33 bits per heavy atom. The summed E-state index contributed by atoms with van der Waals surface area (Å²) in [5.74, 6) is -0.880. The summed E-state index contributed by atoms with van der Waals surface area (Å²) in [6.07, 6.45) is 3.72. The summed E-state index contributed by atoms with van der Waals surface area (Å²) in [4.78, 5) is 41.5. The van der Waals surface area contributed by atoms with E-state index in [2.05, 4.69) is 10.2 Å². The van der Waals surface area contributed by atoms with Gasteiger partial charge in [0.2, 0.25) is 0 Å². The van der Waals surface area contributed by atoms with Crippen molar-refractivity contribution in [2.24, 2.45) is 0 Å². The van der Waals surface area contributed by atoms with Gasteiger partial charge in [-0.3, -0.25) is 19.3 Å². The van der Waals surface area contributed by atoms with Gasteiger partial charge in [-0.1, -0.05) is 36.8 Å². The van der Waals surface area contributed by atoms with Crippen molar-refractivity contribution in [2.75, 3.05) is 26.2 Å². The molecule has 3 amide bonds. The van der Waals surface area contributed by atoms with Crippen molar-refractivity contribution in [3.63, 3.8) is 0 Å². The van der Waals surface area contributed by atoms with E-state index in [4.69, 9.17) is 0 Å². The highest BCUT2D eigenvalue weighted by atomic mass is 35.5. The molecule has 1 fully saturated rings. The van der Waals surface area contributed by atoms with Gasteiger partial charge in [-0.25, -0.2) is 0 Å². The van der Waals surface area contributed by atoms with Crippen LogP contribution >= 0.6 is 12.4 Å². The number of imide groups is 1. The number of fused-ring (bicyclic) bond motifs is 1. The molecule has 2 aliphatic heterocycles. The average Bonchev–Trinajstić information content (AvgIpc) is 2.99. The molecule has 0 aromatic heterocycles. The molecule has 2 aliphatic rings. The lowest BCUT2D eigenvalue weighted by atomic mass is 10.1. The van der Waals surface area contributed by atoms with Crippen molar-refractivity contribution < 1.29 is 14.4 Å². The zero-order chi connectivity index (χ0) is 20.2. The summed E-state index contributed by atoms with van der Waals surface area (Å²) < 4.78 is 0. The number of hydrogen-bond donors (Lipinski definition) is 1. The number of likely N-dealkylation sites (tertiary alicyclic amines) is 1. The Morgan fingerprint density at radius 2 is 1.60 bits per heavy atom. The van der Waals surface area contributed by atoms with Crippen LogP contribution in [0, 0.1) is 0 Å². The van der Waals surface area contributed by atoms with Crippen LogP contribution in [0.25, 0.3) is 0 Å². The average molecular weight is 428 g/mol. The topological polar surface area (TPSA) is 69.7 Å². The van der Waals surface area contributed by atoms with Crippen molar-refractivity contribution in [1.29, 1.82) is 0 Å². The maximum absolute atomic E-state index is 12.8. The third-order valence-electron chi connectivity index (χ3n) is 5.58. The van der Waals surface area contributed by atoms with Gasteiger partial charge in [0.1, 0.15) is 0 Å². The zero-order valence-electron chi connectivity index (χ0n) is 16.8. The molecular formula is C23H26ClN3O3. The Hall–Kier alpha value is -2.70. The van der Waals surface area contributed by atoms with Crippen LogP contribution in [0.3, 0.4) is 0 Å². The third kappa shape index (κ3) is 4.71. The predicted molar refractivity (Wildman–Crippen MR) is 117 cm³/mol. The Balaban J connectivity index is 0.00000256. The Kier molecular flexibility index (Phi) is 7.24. The zero-order valence-corrected chi connectivity index (χ0v) is 17.6. The first-order valence-corrected chi connectivity index (χ1v) is 10.2. The molecule has 7 heteroatoms. The van der Waals surface area contributed by atoms with Crippen LogP contribution in [0.2, 0.25) is 0 Å². The number of carbonyl (C=O) groups excluding carboxylic acids is 3. The van der Waals surface area contributed by atoms with E-state index in [1.54, 1.807) is 12.1 Å². The summed E-state index contributed by atoms with van der Waals surface area (Å²) in [5, 5.41) is 2.92. The number of rotatable bonds is 6. The van der Waals surface area contributed by atoms with Gasteiger partial charge < -0.3 is 10.2 Å². The van der Waals surface area contributed by atoms with Crippen LogP contribution < -0.4 is 5.32 Å². The van der Waals surface area contributed by atoms with Crippen LogP contribution in [-0.2, 0) is 6.54 Å². The molecule has 0 atom stereocenters. The normalized spacial score (nSPS) is 16.2. The van der Waals surface area contributed by atoms with E-state index in [-0.39, 0.29) is 36.7 Å². The van der Waals surface area contributed by atoms with Gasteiger partial charge in [-0.05, 0) is 49.7 Å². The van der Waals surface area contributed by atoms with Crippen molar-refractivity contribution in [3.05, 3.63) is 70.8 Å². The van der Waals surface area contributed by atoms with Gasteiger partial charge in [-0.15, -0.1) is 12.4 Å². The molecule has 1 saturated heterocycles. The minimum absolute atomic E-state index is 0. The number of nitrogens with one attached hydrogen (secondary N) is 1. The molecule has 158 valence electrons. The van der Waals surface area contributed by atoms with Crippen LogP contribution in [0.4, 0.5) is 0 Å². The highest BCUT2D eigenvalue weighted by Crippen LogP contribution is 2.25. The highest BCUT2D eigenvalue weighted by molar-refractivity contribution is 6.22. The van der Waals surface area contributed by atoms with E-state index < -0.39 is 0 Å². The quantitative estimate of drug-likeness (QED) is 0.719. The molecule has 4 rings (SSSR count). The summed E-state index contributed by atoms with van der Waals surface area (Å²) in [6, 6.07) is 14.1. The molecule has 2 heterocycles. The van der Waals surface area contributed by atoms with Gasteiger partial charge in [-0.2, -0.15) is 0 Å². The second-order valence-electron chi connectivity index (χ2n) is 7.60. The number of amides is 3. The fourth-order valence-corrected chi connectivity index (χ4v) is 3.95. The monoisotopic (exact) mass is 427 g/mol. The number of hydrogen-bond acceptors (Lipinski definition) is 4. The second-order valence-corrected chi connectivity index (χ2v) is 7.60. The molecule has 30 heavy (non-hydrogen) atoms. The maximum Gasteiger partial charge on any atom is 0.261 e. The van der Waals surface area contributed by atoms with Crippen LogP contribution in [0.1, 0.15) is 55.9 Å². The molecule has 0 spiro atoms. The summed E-state index contributed by atoms with van der Waals surface area (Å²) >= 11 is 0. The van der Waals surface area contributed by atoms with Crippen molar-refractivity contribution in [3.8, 4) is 0 Å². The lowest BCUT2D eigenvalue weighted by molar-refractivity contribution is 0.0642.